The largest absolute Gasteiger partial charge is 0.480 e. The zero-order chi connectivity index (χ0) is 26.4. The van der Waals surface area contributed by atoms with Gasteiger partial charge in [-0.1, -0.05) is 30.3 Å². The molecule has 1 aliphatic rings. The summed E-state index contributed by atoms with van der Waals surface area (Å²) in [6.07, 6.45) is 0.297. The molecular weight excluding hydrogens is 472 g/mol. The van der Waals surface area contributed by atoms with Crippen molar-refractivity contribution in [1.29, 1.82) is 0 Å². The molecule has 35 heavy (non-hydrogen) atoms. The molecule has 0 bridgehead atoms. The average molecular weight is 507 g/mol. The van der Waals surface area contributed by atoms with Crippen molar-refractivity contribution in [3.8, 4) is 0 Å². The fraction of sp³-hybridized carbons (Fsp3) is 0.520. The number of carboxylic acid groups (broad SMARTS) is 1. The highest BCUT2D eigenvalue weighted by Crippen LogP contribution is 2.34. The van der Waals surface area contributed by atoms with Gasteiger partial charge in [-0.3, -0.25) is 4.79 Å². The first-order valence-electron chi connectivity index (χ1n) is 11.3. The maximum absolute atomic E-state index is 12.9. The normalized spacial score (nSPS) is 20.3. The molecule has 2 amide bonds. The summed E-state index contributed by atoms with van der Waals surface area (Å²) in [4.78, 5) is 49.3. The first-order valence-corrected chi connectivity index (χ1v) is 12.3. The van der Waals surface area contributed by atoms with Crippen LogP contribution in [0.2, 0.25) is 0 Å². The van der Waals surface area contributed by atoms with Gasteiger partial charge in [0.25, 0.3) is 0 Å². The number of carbonyl (C=O) groups is 4. The highest BCUT2D eigenvalue weighted by atomic mass is 32.2. The molecule has 2 rings (SSSR count). The second kappa shape index (κ2) is 11.6. The van der Waals surface area contributed by atoms with E-state index < -0.39 is 46.7 Å². The predicted octanol–water partition coefficient (Wildman–Crippen LogP) is 4.02. The first kappa shape index (κ1) is 28.2. The van der Waals surface area contributed by atoms with Crippen molar-refractivity contribution >= 4 is 41.8 Å². The lowest BCUT2D eigenvalue weighted by Gasteiger charge is -2.26. The molecule has 1 aromatic rings. The Balaban J connectivity index is 2.21. The van der Waals surface area contributed by atoms with Crippen LogP contribution in [0.4, 0.5) is 9.59 Å². The minimum absolute atomic E-state index is 0.0301. The second-order valence-electron chi connectivity index (χ2n) is 10.2. The lowest BCUT2D eigenvalue weighted by molar-refractivity contribution is -0.138. The van der Waals surface area contributed by atoms with Crippen LogP contribution in [0.25, 0.3) is 6.08 Å². The van der Waals surface area contributed by atoms with Gasteiger partial charge in [0.2, 0.25) is 0 Å². The Labute approximate surface area is 210 Å². The number of nitrogens with one attached hydrogen (secondary N) is 2. The van der Waals surface area contributed by atoms with E-state index >= 15 is 0 Å². The van der Waals surface area contributed by atoms with Gasteiger partial charge < -0.3 is 25.2 Å². The predicted molar refractivity (Wildman–Crippen MR) is 134 cm³/mol. The molecule has 192 valence electrons. The summed E-state index contributed by atoms with van der Waals surface area (Å²) >= 11 is 1.18. The van der Waals surface area contributed by atoms with E-state index in [0.717, 1.165) is 5.56 Å². The van der Waals surface area contributed by atoms with Crippen LogP contribution >= 0.6 is 11.8 Å². The van der Waals surface area contributed by atoms with Gasteiger partial charge in [0, 0.05) is 23.0 Å². The molecule has 1 fully saturated rings. The monoisotopic (exact) mass is 506 g/mol. The van der Waals surface area contributed by atoms with Gasteiger partial charge in [-0.05, 0) is 53.2 Å². The molecule has 9 nitrogen and oxygen atoms in total. The minimum atomic E-state index is -1.24. The van der Waals surface area contributed by atoms with Crippen molar-refractivity contribution in [3.63, 3.8) is 0 Å². The smallest absolute Gasteiger partial charge is 0.408 e. The quantitative estimate of drug-likeness (QED) is 0.473. The van der Waals surface area contributed by atoms with Gasteiger partial charge in [-0.2, -0.15) is 11.8 Å². The summed E-state index contributed by atoms with van der Waals surface area (Å²) in [6, 6.07) is 7.29. The molecule has 0 aromatic heterocycles. The number of alkyl carbamates (subject to hydrolysis) is 2. The van der Waals surface area contributed by atoms with Gasteiger partial charge in [0.1, 0.15) is 17.2 Å². The Kier molecular flexibility index (Phi) is 9.37. The van der Waals surface area contributed by atoms with E-state index in [0.29, 0.717) is 5.57 Å². The van der Waals surface area contributed by atoms with Crippen LogP contribution < -0.4 is 10.6 Å². The summed E-state index contributed by atoms with van der Waals surface area (Å²) in [5.41, 5.74) is -0.304. The maximum atomic E-state index is 12.9. The molecule has 1 aromatic carbocycles. The molecule has 0 aliphatic heterocycles. The van der Waals surface area contributed by atoms with Gasteiger partial charge in [0.15, 0.2) is 5.78 Å². The van der Waals surface area contributed by atoms with Crippen molar-refractivity contribution in [2.75, 3.05) is 5.75 Å². The minimum Gasteiger partial charge on any atom is -0.480 e. The summed E-state index contributed by atoms with van der Waals surface area (Å²) in [5.74, 6) is -1.42. The third-order valence-electron chi connectivity index (χ3n) is 4.68. The van der Waals surface area contributed by atoms with E-state index in [9.17, 15) is 24.3 Å². The number of benzene rings is 1. The zero-order valence-corrected chi connectivity index (χ0v) is 21.7. The van der Waals surface area contributed by atoms with E-state index in [2.05, 4.69) is 10.6 Å². The van der Waals surface area contributed by atoms with E-state index in [1.54, 1.807) is 47.6 Å². The lowest BCUT2D eigenvalue weighted by Crippen LogP contribution is -2.46. The molecule has 3 atom stereocenters. The highest BCUT2D eigenvalue weighted by Gasteiger charge is 2.40. The molecule has 0 saturated heterocycles. The summed E-state index contributed by atoms with van der Waals surface area (Å²) < 4.78 is 10.5. The second-order valence-corrected chi connectivity index (χ2v) is 11.4. The average Bonchev–Trinajstić information content (AvgIpc) is 2.97. The van der Waals surface area contributed by atoms with Crippen molar-refractivity contribution in [1.82, 2.24) is 10.6 Å². The van der Waals surface area contributed by atoms with Crippen LogP contribution in [0.3, 0.4) is 0 Å². The number of amides is 2. The van der Waals surface area contributed by atoms with E-state index in [1.165, 1.54) is 11.8 Å². The lowest BCUT2D eigenvalue weighted by atomic mass is 10.1. The molecular formula is C25H34N2O7S. The van der Waals surface area contributed by atoms with Crippen LogP contribution in [0.15, 0.2) is 35.9 Å². The van der Waals surface area contributed by atoms with Gasteiger partial charge in [-0.15, -0.1) is 0 Å². The van der Waals surface area contributed by atoms with E-state index in [-0.39, 0.29) is 18.0 Å². The standard InChI is InChI=1S/C25H34N2O7S/c1-24(2,3)33-22(31)26-17(21(29)30)14-35-19-13-18(28)16(12-15-10-8-7-9-11-15)20(19)27-23(32)34-25(4,5)6/h7-12,17,19-20H,13-14H2,1-6H3,(H,26,31)(H,27,32)(H,29,30)/t17-,19+,20+/m0/s1. The molecule has 3 N–H and O–H groups in total. The SMILES string of the molecule is CC(C)(C)OC(=O)N[C@@H](CS[C@@H]1CC(=O)C(=Cc2ccccc2)[C@H]1NC(=O)OC(C)(C)C)C(=O)O. The number of rotatable bonds is 7. The van der Waals surface area contributed by atoms with Crippen LogP contribution in [0.1, 0.15) is 53.5 Å². The van der Waals surface area contributed by atoms with Crippen LogP contribution in [-0.2, 0) is 19.1 Å². The number of aliphatic carboxylic acids is 1. The molecule has 1 aliphatic carbocycles. The number of hydrogen-bond acceptors (Lipinski definition) is 7. The number of thioether (sulfide) groups is 1. The number of carbonyl (C=O) groups excluding carboxylic acids is 3. The summed E-state index contributed by atoms with van der Waals surface area (Å²) in [7, 11) is 0. The Hall–Kier alpha value is -3.01. The molecule has 1 saturated carbocycles. The fourth-order valence-corrected chi connectivity index (χ4v) is 4.64. The first-order chi connectivity index (χ1) is 16.1. The van der Waals surface area contributed by atoms with Crippen molar-refractivity contribution in [2.45, 2.75) is 76.5 Å². The van der Waals surface area contributed by atoms with E-state index in [1.807, 2.05) is 30.3 Å². The Morgan fingerprint density at radius 1 is 1.06 bits per heavy atom. The van der Waals surface area contributed by atoms with Gasteiger partial charge in [-0.25, -0.2) is 14.4 Å². The molecule has 10 heteroatoms. The summed E-state index contributed by atoms with van der Waals surface area (Å²) in [5, 5.41) is 14.3. The van der Waals surface area contributed by atoms with Crippen LogP contribution in [0, 0.1) is 0 Å². The van der Waals surface area contributed by atoms with Crippen molar-refractivity contribution < 1.29 is 33.8 Å². The zero-order valence-electron chi connectivity index (χ0n) is 20.9. The van der Waals surface area contributed by atoms with Crippen LogP contribution in [-0.4, -0.2) is 63.3 Å². The molecule has 0 spiro atoms. The Bertz CT molecular complexity index is 964. The Morgan fingerprint density at radius 2 is 1.63 bits per heavy atom. The third kappa shape index (κ3) is 9.64. The van der Waals surface area contributed by atoms with Crippen molar-refractivity contribution in [2.24, 2.45) is 0 Å². The topological polar surface area (TPSA) is 131 Å². The van der Waals surface area contributed by atoms with Gasteiger partial charge >= 0.3 is 18.2 Å². The Morgan fingerprint density at radius 3 is 2.17 bits per heavy atom. The highest BCUT2D eigenvalue weighted by molar-refractivity contribution is 8.00. The molecule has 0 unspecified atom stereocenters. The van der Waals surface area contributed by atoms with E-state index in [4.69, 9.17) is 9.47 Å². The number of Topliss-reactive ketones (excluding diaryl/α,β-unsaturated/α-hetero) is 1. The van der Waals surface area contributed by atoms with Gasteiger partial charge in [0.05, 0.1) is 6.04 Å². The molecule has 0 radical (unpaired) electrons. The number of ketones is 1. The number of hydrogen-bond donors (Lipinski definition) is 3. The number of carboxylic acids is 1. The maximum Gasteiger partial charge on any atom is 0.408 e. The third-order valence-corrected chi connectivity index (χ3v) is 6.07. The molecule has 0 heterocycles. The number of ether oxygens (including phenoxy) is 2. The fourth-order valence-electron chi connectivity index (χ4n) is 3.30. The van der Waals surface area contributed by atoms with Crippen molar-refractivity contribution in [3.05, 3.63) is 41.5 Å². The summed E-state index contributed by atoms with van der Waals surface area (Å²) in [6.45, 7) is 10.2. The van der Waals surface area contributed by atoms with Crippen LogP contribution in [0.5, 0.6) is 0 Å².